The van der Waals surface area contributed by atoms with Crippen LogP contribution < -0.4 is 10.1 Å². The summed E-state index contributed by atoms with van der Waals surface area (Å²) in [5.74, 6) is 0.546. The zero-order chi connectivity index (χ0) is 18.1. The second-order valence-corrected chi connectivity index (χ2v) is 6.39. The summed E-state index contributed by atoms with van der Waals surface area (Å²) < 4.78 is 19.1. The third-order valence-electron chi connectivity index (χ3n) is 4.67. The molecular formula is C22H18FNO2. The first-order valence-corrected chi connectivity index (χ1v) is 8.55. The molecule has 4 rings (SSSR count). The van der Waals surface area contributed by atoms with Crippen LogP contribution >= 0.6 is 0 Å². The van der Waals surface area contributed by atoms with Gasteiger partial charge in [-0.3, -0.25) is 4.79 Å². The number of para-hydroxylation sites is 2. The van der Waals surface area contributed by atoms with Crippen LogP contribution in [0.1, 0.15) is 35.6 Å². The lowest BCUT2D eigenvalue weighted by atomic mass is 9.87. The van der Waals surface area contributed by atoms with Crippen molar-refractivity contribution in [3.8, 4) is 11.5 Å². The van der Waals surface area contributed by atoms with Crippen molar-refractivity contribution in [2.75, 3.05) is 0 Å². The fourth-order valence-electron chi connectivity index (χ4n) is 3.32. The van der Waals surface area contributed by atoms with Crippen molar-refractivity contribution in [2.24, 2.45) is 0 Å². The Bertz CT molecular complexity index is 907. The fraction of sp³-hybridized carbons (Fsp3) is 0.136. The van der Waals surface area contributed by atoms with Crippen LogP contribution in [-0.2, 0) is 4.79 Å². The maximum Gasteiger partial charge on any atom is 0.232 e. The SMILES string of the molecule is C[C@@H](NC(=O)C1c2ccccc2Oc2ccccc21)c1ccc(F)cc1. The molecule has 0 spiro atoms. The molecule has 0 aliphatic carbocycles. The Kier molecular flexibility index (Phi) is 4.17. The molecule has 0 saturated carbocycles. The molecule has 1 heterocycles. The minimum atomic E-state index is -0.445. The van der Waals surface area contributed by atoms with E-state index in [2.05, 4.69) is 5.32 Å². The average Bonchev–Trinajstić information content (AvgIpc) is 2.66. The quantitative estimate of drug-likeness (QED) is 0.729. The van der Waals surface area contributed by atoms with Crippen molar-refractivity contribution in [2.45, 2.75) is 18.9 Å². The van der Waals surface area contributed by atoms with Crippen LogP contribution in [0.4, 0.5) is 4.39 Å². The van der Waals surface area contributed by atoms with Crippen molar-refractivity contribution >= 4 is 5.91 Å². The lowest BCUT2D eigenvalue weighted by Crippen LogP contribution is -2.33. The van der Waals surface area contributed by atoms with Gasteiger partial charge in [0.2, 0.25) is 5.91 Å². The number of carbonyl (C=O) groups excluding carboxylic acids is 1. The van der Waals surface area contributed by atoms with Gasteiger partial charge in [-0.05, 0) is 36.8 Å². The molecule has 0 saturated heterocycles. The summed E-state index contributed by atoms with van der Waals surface area (Å²) in [5, 5.41) is 3.05. The molecule has 1 aliphatic heterocycles. The molecular weight excluding hydrogens is 329 g/mol. The van der Waals surface area contributed by atoms with Crippen molar-refractivity contribution in [3.63, 3.8) is 0 Å². The summed E-state index contributed by atoms with van der Waals surface area (Å²) in [6.45, 7) is 1.89. The number of amides is 1. The molecule has 3 nitrogen and oxygen atoms in total. The van der Waals surface area contributed by atoms with E-state index in [-0.39, 0.29) is 17.8 Å². The summed E-state index contributed by atoms with van der Waals surface area (Å²) in [5.41, 5.74) is 2.54. The van der Waals surface area contributed by atoms with E-state index in [1.54, 1.807) is 12.1 Å². The molecule has 1 amide bonds. The van der Waals surface area contributed by atoms with E-state index in [0.29, 0.717) is 11.5 Å². The molecule has 0 unspecified atom stereocenters. The molecule has 1 atom stereocenters. The van der Waals surface area contributed by atoms with Crippen LogP contribution in [0.2, 0.25) is 0 Å². The number of rotatable bonds is 3. The second kappa shape index (κ2) is 6.64. The highest BCUT2D eigenvalue weighted by atomic mass is 19.1. The van der Waals surface area contributed by atoms with E-state index in [1.807, 2.05) is 55.5 Å². The van der Waals surface area contributed by atoms with E-state index in [1.165, 1.54) is 12.1 Å². The molecule has 0 radical (unpaired) electrons. The molecule has 26 heavy (non-hydrogen) atoms. The van der Waals surface area contributed by atoms with Crippen molar-refractivity contribution in [1.29, 1.82) is 0 Å². The molecule has 0 aromatic heterocycles. The van der Waals surface area contributed by atoms with Crippen molar-refractivity contribution < 1.29 is 13.9 Å². The zero-order valence-electron chi connectivity index (χ0n) is 14.3. The monoisotopic (exact) mass is 347 g/mol. The summed E-state index contributed by atoms with van der Waals surface area (Å²) in [4.78, 5) is 13.1. The van der Waals surface area contributed by atoms with Gasteiger partial charge in [-0.1, -0.05) is 48.5 Å². The molecule has 4 heteroatoms. The highest BCUT2D eigenvalue weighted by molar-refractivity contribution is 5.89. The van der Waals surface area contributed by atoms with Gasteiger partial charge in [0, 0.05) is 11.1 Å². The number of carbonyl (C=O) groups is 1. The van der Waals surface area contributed by atoms with Crippen molar-refractivity contribution in [3.05, 3.63) is 95.3 Å². The largest absolute Gasteiger partial charge is 0.457 e. The molecule has 3 aromatic carbocycles. The summed E-state index contributed by atoms with van der Waals surface area (Å²) >= 11 is 0. The Morgan fingerprint density at radius 1 is 0.923 bits per heavy atom. The Morgan fingerprint density at radius 3 is 2.04 bits per heavy atom. The van der Waals surface area contributed by atoms with Gasteiger partial charge in [-0.15, -0.1) is 0 Å². The predicted octanol–water partition coefficient (Wildman–Crippen LogP) is 4.94. The Morgan fingerprint density at radius 2 is 1.46 bits per heavy atom. The van der Waals surface area contributed by atoms with E-state index < -0.39 is 5.92 Å². The van der Waals surface area contributed by atoms with Crippen LogP contribution in [-0.4, -0.2) is 5.91 Å². The summed E-state index contributed by atoms with van der Waals surface area (Å²) in [7, 11) is 0. The van der Waals surface area contributed by atoms with Gasteiger partial charge in [0.15, 0.2) is 0 Å². The Balaban J connectivity index is 1.66. The number of ether oxygens (including phenoxy) is 1. The van der Waals surface area contributed by atoms with Gasteiger partial charge in [0.1, 0.15) is 17.3 Å². The predicted molar refractivity (Wildman–Crippen MR) is 97.8 cm³/mol. The molecule has 3 aromatic rings. The molecule has 130 valence electrons. The van der Waals surface area contributed by atoms with Crippen LogP contribution in [0.25, 0.3) is 0 Å². The van der Waals surface area contributed by atoms with E-state index in [9.17, 15) is 9.18 Å². The summed E-state index contributed by atoms with van der Waals surface area (Å²) in [6, 6.07) is 21.1. The van der Waals surface area contributed by atoms with Crippen LogP contribution in [0.15, 0.2) is 72.8 Å². The Hall–Kier alpha value is -3.14. The number of hydrogen-bond acceptors (Lipinski definition) is 2. The first kappa shape index (κ1) is 16.3. The van der Waals surface area contributed by atoms with Gasteiger partial charge >= 0.3 is 0 Å². The van der Waals surface area contributed by atoms with Crippen LogP contribution in [0.3, 0.4) is 0 Å². The molecule has 1 aliphatic rings. The molecule has 0 bridgehead atoms. The van der Waals surface area contributed by atoms with Crippen LogP contribution in [0, 0.1) is 5.82 Å². The van der Waals surface area contributed by atoms with Crippen LogP contribution in [0.5, 0.6) is 11.5 Å². The maximum absolute atomic E-state index is 13.1. The van der Waals surface area contributed by atoms with Gasteiger partial charge in [0.25, 0.3) is 0 Å². The zero-order valence-corrected chi connectivity index (χ0v) is 14.3. The minimum Gasteiger partial charge on any atom is -0.457 e. The number of hydrogen-bond donors (Lipinski definition) is 1. The van der Waals surface area contributed by atoms with E-state index >= 15 is 0 Å². The molecule has 1 N–H and O–H groups in total. The second-order valence-electron chi connectivity index (χ2n) is 6.39. The van der Waals surface area contributed by atoms with E-state index in [4.69, 9.17) is 4.74 Å². The fourth-order valence-corrected chi connectivity index (χ4v) is 3.32. The highest BCUT2D eigenvalue weighted by Crippen LogP contribution is 2.44. The first-order chi connectivity index (χ1) is 12.6. The molecule has 0 fully saturated rings. The lowest BCUT2D eigenvalue weighted by molar-refractivity contribution is -0.122. The number of halogens is 1. The van der Waals surface area contributed by atoms with Crippen molar-refractivity contribution in [1.82, 2.24) is 5.32 Å². The summed E-state index contributed by atoms with van der Waals surface area (Å²) in [6.07, 6.45) is 0. The highest BCUT2D eigenvalue weighted by Gasteiger charge is 2.32. The number of nitrogens with one attached hydrogen (secondary N) is 1. The Labute approximate surface area is 151 Å². The maximum atomic E-state index is 13.1. The average molecular weight is 347 g/mol. The standard InChI is InChI=1S/C22H18FNO2/c1-14(15-10-12-16(23)13-11-15)24-22(25)21-17-6-2-4-8-19(17)26-20-9-5-3-7-18(20)21/h2-14,21H,1H3,(H,24,25)/t14-/m1/s1. The third-order valence-corrected chi connectivity index (χ3v) is 4.67. The topological polar surface area (TPSA) is 38.3 Å². The normalized spacial score (nSPS) is 13.9. The number of benzene rings is 3. The lowest BCUT2D eigenvalue weighted by Gasteiger charge is -2.28. The smallest absolute Gasteiger partial charge is 0.232 e. The van der Waals surface area contributed by atoms with Gasteiger partial charge in [-0.25, -0.2) is 4.39 Å². The minimum absolute atomic E-state index is 0.106. The van der Waals surface area contributed by atoms with E-state index in [0.717, 1.165) is 16.7 Å². The third kappa shape index (κ3) is 2.94. The number of fused-ring (bicyclic) bond motifs is 2. The van der Waals surface area contributed by atoms with Gasteiger partial charge < -0.3 is 10.1 Å². The van der Waals surface area contributed by atoms with Gasteiger partial charge in [0.05, 0.1) is 12.0 Å². The van der Waals surface area contributed by atoms with Gasteiger partial charge in [-0.2, -0.15) is 0 Å². The first-order valence-electron chi connectivity index (χ1n) is 8.55.